The van der Waals surface area contributed by atoms with Gasteiger partial charge in [-0.1, -0.05) is 36.7 Å². The number of halogens is 1. The summed E-state index contributed by atoms with van der Waals surface area (Å²) in [6.45, 7) is 5.95. The molecule has 1 aromatic rings. The Morgan fingerprint density at radius 1 is 1.39 bits per heavy atom. The predicted octanol–water partition coefficient (Wildman–Crippen LogP) is 2.92. The summed E-state index contributed by atoms with van der Waals surface area (Å²) in [5.74, 6) is 0.129. The molecule has 1 rings (SSSR count). The first-order valence-corrected chi connectivity index (χ1v) is 6.49. The minimum atomic E-state index is -0.487. The van der Waals surface area contributed by atoms with Gasteiger partial charge in [0.15, 0.2) is 0 Å². The molecule has 2 unspecified atom stereocenters. The first kappa shape index (κ1) is 14.8. The standard InChI is InChI=1S/C11H16BrN3O3/c1-6(2)8(7(3)12)9-10(15(16)17)11(18-4)14-5-13-9/h5-8H,1-4H3. The number of nitro groups is 1. The maximum atomic E-state index is 11.2. The lowest BCUT2D eigenvalue weighted by molar-refractivity contribution is -0.387. The monoisotopic (exact) mass is 317 g/mol. The lowest BCUT2D eigenvalue weighted by atomic mass is 9.89. The van der Waals surface area contributed by atoms with E-state index in [4.69, 9.17) is 4.74 Å². The van der Waals surface area contributed by atoms with E-state index in [1.54, 1.807) is 0 Å². The molecule has 18 heavy (non-hydrogen) atoms. The molecule has 0 aliphatic rings. The van der Waals surface area contributed by atoms with Crippen molar-refractivity contribution in [3.63, 3.8) is 0 Å². The summed E-state index contributed by atoms with van der Waals surface area (Å²) >= 11 is 3.48. The fraction of sp³-hybridized carbons (Fsp3) is 0.636. The second-order valence-corrected chi connectivity index (χ2v) is 5.77. The smallest absolute Gasteiger partial charge is 0.352 e. The zero-order valence-electron chi connectivity index (χ0n) is 10.8. The van der Waals surface area contributed by atoms with Crippen LogP contribution < -0.4 is 4.74 Å². The van der Waals surface area contributed by atoms with Gasteiger partial charge in [-0.15, -0.1) is 0 Å². The number of hydrogen-bond donors (Lipinski definition) is 0. The first-order valence-electron chi connectivity index (χ1n) is 5.57. The minimum absolute atomic E-state index is 0.00352. The van der Waals surface area contributed by atoms with Crippen LogP contribution >= 0.6 is 15.9 Å². The third kappa shape index (κ3) is 2.95. The van der Waals surface area contributed by atoms with Crippen LogP contribution in [-0.4, -0.2) is 26.8 Å². The zero-order valence-corrected chi connectivity index (χ0v) is 12.3. The van der Waals surface area contributed by atoms with Crippen LogP contribution in [0.4, 0.5) is 5.69 Å². The van der Waals surface area contributed by atoms with Crippen LogP contribution in [0.1, 0.15) is 32.4 Å². The number of aromatic nitrogens is 2. The molecule has 7 heteroatoms. The first-order chi connectivity index (χ1) is 8.40. The van der Waals surface area contributed by atoms with Gasteiger partial charge in [-0.25, -0.2) is 4.98 Å². The highest BCUT2D eigenvalue weighted by Crippen LogP contribution is 2.38. The highest BCUT2D eigenvalue weighted by atomic mass is 79.9. The van der Waals surface area contributed by atoms with Crippen molar-refractivity contribution >= 4 is 21.6 Å². The second-order valence-electron chi connectivity index (χ2n) is 4.32. The molecule has 0 aliphatic heterocycles. The van der Waals surface area contributed by atoms with E-state index in [1.807, 2.05) is 20.8 Å². The van der Waals surface area contributed by atoms with Crippen LogP contribution in [0.5, 0.6) is 5.88 Å². The van der Waals surface area contributed by atoms with Crippen LogP contribution in [-0.2, 0) is 0 Å². The summed E-state index contributed by atoms with van der Waals surface area (Å²) in [6, 6.07) is 0. The van der Waals surface area contributed by atoms with Gasteiger partial charge in [0.1, 0.15) is 12.0 Å². The molecule has 0 aliphatic carbocycles. The normalized spacial score (nSPS) is 14.3. The van der Waals surface area contributed by atoms with Crippen molar-refractivity contribution in [1.82, 2.24) is 9.97 Å². The lowest BCUT2D eigenvalue weighted by Crippen LogP contribution is -2.19. The molecule has 1 aromatic heterocycles. The molecule has 0 saturated carbocycles. The van der Waals surface area contributed by atoms with Gasteiger partial charge in [-0.3, -0.25) is 10.1 Å². The Labute approximate surface area is 114 Å². The summed E-state index contributed by atoms with van der Waals surface area (Å²) in [5, 5.41) is 11.2. The van der Waals surface area contributed by atoms with Gasteiger partial charge in [0.25, 0.3) is 5.88 Å². The molecule has 0 bridgehead atoms. The fourth-order valence-electron chi connectivity index (χ4n) is 2.00. The number of methoxy groups -OCH3 is 1. The molecule has 6 nitrogen and oxygen atoms in total. The number of hydrogen-bond acceptors (Lipinski definition) is 5. The Morgan fingerprint density at radius 3 is 2.39 bits per heavy atom. The number of nitrogens with zero attached hydrogens (tertiary/aromatic N) is 3. The van der Waals surface area contributed by atoms with E-state index < -0.39 is 4.92 Å². The van der Waals surface area contributed by atoms with E-state index >= 15 is 0 Å². The van der Waals surface area contributed by atoms with Gasteiger partial charge in [-0.05, 0) is 5.92 Å². The third-order valence-corrected chi connectivity index (χ3v) is 3.29. The zero-order chi connectivity index (χ0) is 13.9. The predicted molar refractivity (Wildman–Crippen MR) is 71.2 cm³/mol. The minimum Gasteiger partial charge on any atom is -0.476 e. The van der Waals surface area contributed by atoms with Gasteiger partial charge in [0.05, 0.1) is 12.0 Å². The van der Waals surface area contributed by atoms with Crippen molar-refractivity contribution in [2.45, 2.75) is 31.5 Å². The van der Waals surface area contributed by atoms with Crippen LogP contribution in [0, 0.1) is 16.0 Å². The molecular formula is C11H16BrN3O3. The summed E-state index contributed by atoms with van der Waals surface area (Å²) in [4.78, 5) is 18.6. The van der Waals surface area contributed by atoms with Crippen molar-refractivity contribution in [3.05, 3.63) is 22.1 Å². The number of ether oxygens (including phenoxy) is 1. The van der Waals surface area contributed by atoms with Crippen LogP contribution in [0.25, 0.3) is 0 Å². The molecule has 0 amide bonds. The van der Waals surface area contributed by atoms with E-state index in [0.29, 0.717) is 5.69 Å². The van der Waals surface area contributed by atoms with Gasteiger partial charge in [0, 0.05) is 10.7 Å². The average Bonchev–Trinajstić information content (AvgIpc) is 2.27. The quantitative estimate of drug-likeness (QED) is 0.474. The van der Waals surface area contributed by atoms with Gasteiger partial charge in [0.2, 0.25) is 0 Å². The fourth-order valence-corrected chi connectivity index (χ4v) is 2.86. The second kappa shape index (κ2) is 6.08. The Hall–Kier alpha value is -1.24. The Balaban J connectivity index is 3.42. The largest absolute Gasteiger partial charge is 0.476 e. The highest BCUT2D eigenvalue weighted by Gasteiger charge is 2.33. The molecular weight excluding hydrogens is 302 g/mol. The van der Waals surface area contributed by atoms with Gasteiger partial charge >= 0.3 is 5.69 Å². The van der Waals surface area contributed by atoms with Crippen LogP contribution in [0.2, 0.25) is 0 Å². The number of alkyl halides is 1. The summed E-state index contributed by atoms with van der Waals surface area (Å²) in [6.07, 6.45) is 1.30. The Morgan fingerprint density at radius 2 is 2.00 bits per heavy atom. The number of rotatable bonds is 5. The molecule has 1 heterocycles. The lowest BCUT2D eigenvalue weighted by Gasteiger charge is -2.22. The molecule has 0 radical (unpaired) electrons. The SMILES string of the molecule is COc1ncnc(C(C(C)C)C(C)Br)c1[N+](=O)[O-]. The Kier molecular flexibility index (Phi) is 5.01. The van der Waals surface area contributed by atoms with Crippen molar-refractivity contribution in [2.24, 2.45) is 5.92 Å². The summed E-state index contributed by atoms with van der Waals surface area (Å²) in [7, 11) is 1.36. The van der Waals surface area contributed by atoms with E-state index in [0.717, 1.165) is 0 Å². The Bertz CT molecular complexity index is 430. The summed E-state index contributed by atoms with van der Waals surface area (Å²) < 4.78 is 4.95. The van der Waals surface area contributed by atoms with Crippen molar-refractivity contribution in [2.75, 3.05) is 7.11 Å². The van der Waals surface area contributed by atoms with Crippen LogP contribution in [0.3, 0.4) is 0 Å². The van der Waals surface area contributed by atoms with Crippen molar-refractivity contribution in [1.29, 1.82) is 0 Å². The van der Waals surface area contributed by atoms with Gasteiger partial charge < -0.3 is 4.74 Å². The molecule has 0 aromatic carbocycles. The van der Waals surface area contributed by atoms with E-state index in [1.165, 1.54) is 13.4 Å². The highest BCUT2D eigenvalue weighted by molar-refractivity contribution is 9.09. The molecule has 2 atom stereocenters. The van der Waals surface area contributed by atoms with Gasteiger partial charge in [-0.2, -0.15) is 4.98 Å². The summed E-state index contributed by atoms with van der Waals surface area (Å²) in [5.41, 5.74) is 0.260. The third-order valence-electron chi connectivity index (χ3n) is 2.72. The van der Waals surface area contributed by atoms with E-state index in [2.05, 4.69) is 25.9 Å². The molecule has 100 valence electrons. The molecule has 0 fully saturated rings. The topological polar surface area (TPSA) is 78.2 Å². The maximum absolute atomic E-state index is 11.2. The van der Waals surface area contributed by atoms with Crippen molar-refractivity contribution < 1.29 is 9.66 Å². The van der Waals surface area contributed by atoms with E-state index in [9.17, 15) is 10.1 Å². The van der Waals surface area contributed by atoms with Crippen LogP contribution in [0.15, 0.2) is 6.33 Å². The van der Waals surface area contributed by atoms with Crippen molar-refractivity contribution in [3.8, 4) is 5.88 Å². The molecule has 0 spiro atoms. The molecule has 0 N–H and O–H groups in total. The average molecular weight is 318 g/mol. The maximum Gasteiger partial charge on any atom is 0.352 e. The van der Waals surface area contributed by atoms with E-state index in [-0.39, 0.29) is 28.2 Å². The molecule has 0 saturated heterocycles.